The number of aryl methyl sites for hydroxylation is 2. The molecule has 1 N–H and O–H groups in total. The third-order valence-corrected chi connectivity index (χ3v) is 4.81. The maximum Gasteiger partial charge on any atom is 0.317 e. The molecule has 2 unspecified atom stereocenters. The van der Waals surface area contributed by atoms with Gasteiger partial charge in [0.05, 0.1) is 5.60 Å². The average molecular weight is 322 g/mol. The molecule has 23 heavy (non-hydrogen) atoms. The number of furan rings is 1. The van der Waals surface area contributed by atoms with Crippen LogP contribution in [0.1, 0.15) is 51.1 Å². The number of methoxy groups -OCH3 is 1. The molecular weight excluding hydrogens is 292 g/mol. The number of nitrogens with zero attached hydrogens (tertiary/aromatic N) is 1. The Kier molecular flexibility index (Phi) is 6.10. The number of nitrogens with one attached hydrogen (secondary N) is 1. The van der Waals surface area contributed by atoms with E-state index in [0.717, 1.165) is 56.7 Å². The maximum absolute atomic E-state index is 12.4. The molecule has 1 aromatic heterocycles. The lowest BCUT2D eigenvalue weighted by Gasteiger charge is -2.27. The van der Waals surface area contributed by atoms with Crippen LogP contribution in [0.5, 0.6) is 0 Å². The molecule has 2 amide bonds. The Bertz CT molecular complexity index is 514. The minimum Gasteiger partial charge on any atom is -0.466 e. The number of ether oxygens (including phenoxy) is 1. The quantitative estimate of drug-likeness (QED) is 0.902. The first-order valence-electron chi connectivity index (χ1n) is 8.58. The second-order valence-corrected chi connectivity index (χ2v) is 6.90. The first-order valence-corrected chi connectivity index (χ1v) is 8.58. The van der Waals surface area contributed by atoms with Gasteiger partial charge >= 0.3 is 6.03 Å². The summed E-state index contributed by atoms with van der Waals surface area (Å²) < 4.78 is 11.2. The predicted octanol–water partition coefficient (Wildman–Crippen LogP) is 3.51. The molecule has 2 atom stereocenters. The number of amides is 2. The van der Waals surface area contributed by atoms with Crippen molar-refractivity contribution < 1.29 is 13.9 Å². The fraction of sp³-hybridized carbons (Fsp3) is 0.722. The van der Waals surface area contributed by atoms with Crippen molar-refractivity contribution in [1.82, 2.24) is 10.2 Å². The molecule has 0 radical (unpaired) electrons. The summed E-state index contributed by atoms with van der Waals surface area (Å²) in [6.07, 6.45) is 4.59. The average Bonchev–Trinajstić information content (AvgIpc) is 2.83. The highest BCUT2D eigenvalue weighted by molar-refractivity contribution is 5.74. The van der Waals surface area contributed by atoms with Gasteiger partial charge in [-0.2, -0.15) is 0 Å². The lowest BCUT2D eigenvalue weighted by molar-refractivity contribution is -0.00500. The molecule has 1 fully saturated rings. The van der Waals surface area contributed by atoms with E-state index in [9.17, 15) is 4.79 Å². The highest BCUT2D eigenvalue weighted by Crippen LogP contribution is 2.25. The van der Waals surface area contributed by atoms with Crippen LogP contribution in [-0.2, 0) is 11.2 Å². The summed E-state index contributed by atoms with van der Waals surface area (Å²) in [7, 11) is 1.76. The third kappa shape index (κ3) is 5.27. The van der Waals surface area contributed by atoms with Crippen molar-refractivity contribution in [1.29, 1.82) is 0 Å². The van der Waals surface area contributed by atoms with Gasteiger partial charge in [0.15, 0.2) is 0 Å². The Morgan fingerprint density at radius 3 is 2.87 bits per heavy atom. The molecule has 0 saturated carbocycles. The molecule has 0 bridgehead atoms. The van der Waals surface area contributed by atoms with Crippen LogP contribution in [-0.4, -0.2) is 42.8 Å². The van der Waals surface area contributed by atoms with E-state index in [1.54, 1.807) is 7.11 Å². The Labute approximate surface area is 139 Å². The predicted molar refractivity (Wildman–Crippen MR) is 90.6 cm³/mol. The zero-order valence-corrected chi connectivity index (χ0v) is 14.9. The van der Waals surface area contributed by atoms with Gasteiger partial charge in [0, 0.05) is 32.7 Å². The summed E-state index contributed by atoms with van der Waals surface area (Å²) in [4.78, 5) is 14.3. The van der Waals surface area contributed by atoms with Crippen molar-refractivity contribution >= 4 is 6.03 Å². The number of rotatable bonds is 5. The van der Waals surface area contributed by atoms with Crippen LogP contribution in [0, 0.1) is 6.92 Å². The van der Waals surface area contributed by atoms with Crippen molar-refractivity contribution in [2.24, 2.45) is 0 Å². The van der Waals surface area contributed by atoms with E-state index in [0.29, 0.717) is 0 Å². The second kappa shape index (κ2) is 7.86. The summed E-state index contributed by atoms with van der Waals surface area (Å²) in [6.45, 7) is 7.67. The number of likely N-dealkylation sites (tertiary alicyclic amines) is 1. The molecule has 2 rings (SSSR count). The zero-order valence-electron chi connectivity index (χ0n) is 14.9. The molecule has 2 heterocycles. The highest BCUT2D eigenvalue weighted by Gasteiger charge is 2.29. The number of carbonyl (C=O) groups is 1. The minimum atomic E-state index is -0.0994. The van der Waals surface area contributed by atoms with Gasteiger partial charge in [0.1, 0.15) is 11.5 Å². The molecule has 1 aliphatic rings. The van der Waals surface area contributed by atoms with Gasteiger partial charge in [-0.05, 0) is 58.6 Å². The lowest BCUT2D eigenvalue weighted by atomic mass is 9.97. The van der Waals surface area contributed by atoms with E-state index >= 15 is 0 Å². The summed E-state index contributed by atoms with van der Waals surface area (Å²) in [5, 5.41) is 3.10. The minimum absolute atomic E-state index is 0.0356. The molecule has 1 aromatic rings. The fourth-order valence-electron chi connectivity index (χ4n) is 3.01. The molecule has 0 aromatic carbocycles. The lowest BCUT2D eigenvalue weighted by Crippen LogP contribution is -2.44. The van der Waals surface area contributed by atoms with Gasteiger partial charge in [-0.3, -0.25) is 0 Å². The number of hydrogen-bond acceptors (Lipinski definition) is 3. The maximum atomic E-state index is 12.4. The number of carbonyl (C=O) groups excluding carboxylic acids is 1. The van der Waals surface area contributed by atoms with Gasteiger partial charge in [-0.15, -0.1) is 0 Å². The Morgan fingerprint density at radius 1 is 1.43 bits per heavy atom. The summed E-state index contributed by atoms with van der Waals surface area (Å²) in [5.74, 6) is 1.91. The number of hydrogen-bond donors (Lipinski definition) is 1. The molecule has 1 saturated heterocycles. The van der Waals surface area contributed by atoms with Crippen LogP contribution in [0.25, 0.3) is 0 Å². The van der Waals surface area contributed by atoms with E-state index in [2.05, 4.69) is 12.2 Å². The topological polar surface area (TPSA) is 54.7 Å². The Hall–Kier alpha value is -1.49. The molecule has 0 aliphatic carbocycles. The largest absolute Gasteiger partial charge is 0.466 e. The molecule has 130 valence electrons. The van der Waals surface area contributed by atoms with Crippen molar-refractivity contribution in [3.63, 3.8) is 0 Å². The smallest absolute Gasteiger partial charge is 0.317 e. The van der Waals surface area contributed by atoms with Gasteiger partial charge in [-0.1, -0.05) is 0 Å². The van der Waals surface area contributed by atoms with Gasteiger partial charge < -0.3 is 19.4 Å². The molecule has 1 aliphatic heterocycles. The van der Waals surface area contributed by atoms with Crippen LogP contribution in [0.15, 0.2) is 16.5 Å². The monoisotopic (exact) mass is 322 g/mol. The number of urea groups is 1. The van der Waals surface area contributed by atoms with E-state index in [4.69, 9.17) is 9.15 Å². The Morgan fingerprint density at radius 2 is 2.22 bits per heavy atom. The van der Waals surface area contributed by atoms with Gasteiger partial charge in [0.25, 0.3) is 0 Å². The molecule has 5 nitrogen and oxygen atoms in total. The van der Waals surface area contributed by atoms with Crippen LogP contribution in [0.2, 0.25) is 0 Å². The normalized spacial score (nSPS) is 23.4. The van der Waals surface area contributed by atoms with Crippen LogP contribution >= 0.6 is 0 Å². The van der Waals surface area contributed by atoms with Crippen molar-refractivity contribution in [3.8, 4) is 0 Å². The van der Waals surface area contributed by atoms with Crippen LogP contribution in [0.3, 0.4) is 0 Å². The Balaban J connectivity index is 1.76. The summed E-state index contributed by atoms with van der Waals surface area (Å²) in [5.41, 5.74) is -0.0994. The van der Waals surface area contributed by atoms with Crippen molar-refractivity contribution in [2.75, 3.05) is 20.2 Å². The van der Waals surface area contributed by atoms with Crippen molar-refractivity contribution in [2.45, 2.75) is 64.5 Å². The molecular formula is C18H30N2O3. The molecule has 0 spiro atoms. The van der Waals surface area contributed by atoms with E-state index in [-0.39, 0.29) is 17.7 Å². The van der Waals surface area contributed by atoms with E-state index in [1.807, 2.05) is 30.9 Å². The van der Waals surface area contributed by atoms with Crippen LogP contribution in [0.4, 0.5) is 4.79 Å². The first-order chi connectivity index (χ1) is 10.9. The highest BCUT2D eigenvalue weighted by atomic mass is 16.5. The van der Waals surface area contributed by atoms with Crippen molar-refractivity contribution in [3.05, 3.63) is 23.7 Å². The first kappa shape index (κ1) is 17.9. The SMILES string of the molecule is COC1(C)CCCN(C(=O)NC(C)CCc2ccc(C)o2)CC1. The molecule has 5 heteroatoms. The standard InChI is InChI=1S/C18H30N2O3/c1-14(6-8-16-9-7-15(2)23-16)19-17(21)20-12-5-10-18(3,22-4)11-13-20/h7,9,14H,5-6,8,10-13H2,1-4H3,(H,19,21). The zero-order chi connectivity index (χ0) is 16.9. The van der Waals surface area contributed by atoms with Gasteiger partial charge in [-0.25, -0.2) is 4.79 Å². The van der Waals surface area contributed by atoms with Crippen LogP contribution < -0.4 is 5.32 Å². The van der Waals surface area contributed by atoms with Gasteiger partial charge in [0.2, 0.25) is 0 Å². The summed E-state index contributed by atoms with van der Waals surface area (Å²) >= 11 is 0. The third-order valence-electron chi connectivity index (χ3n) is 4.81. The van der Waals surface area contributed by atoms with E-state index in [1.165, 1.54) is 0 Å². The van der Waals surface area contributed by atoms with E-state index < -0.39 is 0 Å². The summed E-state index contributed by atoms with van der Waals surface area (Å²) in [6, 6.07) is 4.14. The second-order valence-electron chi connectivity index (χ2n) is 6.90. The fourth-order valence-corrected chi connectivity index (χ4v) is 3.01.